The number of hydrogen-bond donors (Lipinski definition) is 0. The molecule has 0 fully saturated rings. The van der Waals surface area contributed by atoms with Crippen LogP contribution in [0.3, 0.4) is 0 Å². The summed E-state index contributed by atoms with van der Waals surface area (Å²) in [6, 6.07) is 0. The molecule has 1 unspecified atom stereocenters. The smallest absolute Gasteiger partial charge is 0.307 e. The normalized spacial score (nSPS) is 11.6. The number of hydrogen-bond acceptors (Lipinski definition) is 4. The largest absolute Gasteiger partial charge is 0.466 e. The fourth-order valence-electron chi connectivity index (χ4n) is 2.34. The van der Waals surface area contributed by atoms with Crippen LogP contribution in [-0.4, -0.2) is 24.6 Å². The Labute approximate surface area is 154 Å². The maximum Gasteiger partial charge on any atom is 0.307 e. The van der Waals surface area contributed by atoms with Crippen LogP contribution in [0.5, 0.6) is 0 Å². The van der Waals surface area contributed by atoms with E-state index in [9.17, 15) is 9.59 Å². The molecule has 25 heavy (non-hydrogen) atoms. The summed E-state index contributed by atoms with van der Waals surface area (Å²) in [6.07, 6.45) is 7.74. The zero-order valence-electron chi connectivity index (χ0n) is 16.6. The standard InChI is InChI=1S/C21H36O4/c1-5-7-9-10-11-16-24-20(22)14-12-15-21(23)25-19(13-8-6-2)17-18(3)4/h18-19H,5-7,9-12,14-17H2,1-4H3. The topological polar surface area (TPSA) is 52.6 Å². The van der Waals surface area contributed by atoms with Gasteiger partial charge >= 0.3 is 11.9 Å². The van der Waals surface area contributed by atoms with Gasteiger partial charge in [-0.15, -0.1) is 0 Å². The fourth-order valence-corrected chi connectivity index (χ4v) is 2.34. The Morgan fingerprint density at radius 2 is 1.60 bits per heavy atom. The SMILES string of the molecule is CCC#CC(CC(C)C)OC(=O)CCCC(=O)OCCCCCCC. The molecule has 0 aliphatic rings. The van der Waals surface area contributed by atoms with Gasteiger partial charge in [-0.25, -0.2) is 0 Å². The number of unbranched alkanes of at least 4 members (excludes halogenated alkanes) is 4. The zero-order chi connectivity index (χ0) is 18.9. The van der Waals surface area contributed by atoms with Crippen molar-refractivity contribution >= 4 is 11.9 Å². The van der Waals surface area contributed by atoms with Gasteiger partial charge in [0.2, 0.25) is 0 Å². The van der Waals surface area contributed by atoms with Crippen LogP contribution in [0, 0.1) is 17.8 Å². The highest BCUT2D eigenvalue weighted by Gasteiger charge is 2.14. The molecule has 0 aromatic heterocycles. The molecule has 0 spiro atoms. The Morgan fingerprint density at radius 3 is 2.24 bits per heavy atom. The van der Waals surface area contributed by atoms with Crippen LogP contribution in [-0.2, 0) is 19.1 Å². The van der Waals surface area contributed by atoms with Crippen LogP contribution in [0.25, 0.3) is 0 Å². The molecule has 4 heteroatoms. The van der Waals surface area contributed by atoms with Gasteiger partial charge in [0.1, 0.15) is 0 Å². The zero-order valence-corrected chi connectivity index (χ0v) is 16.6. The predicted octanol–water partition coefficient (Wildman–Crippen LogP) is 5.04. The highest BCUT2D eigenvalue weighted by Crippen LogP contribution is 2.10. The van der Waals surface area contributed by atoms with E-state index in [0.29, 0.717) is 18.9 Å². The second-order valence-electron chi connectivity index (χ2n) is 6.77. The molecule has 144 valence electrons. The van der Waals surface area contributed by atoms with Gasteiger partial charge in [0.15, 0.2) is 6.10 Å². The summed E-state index contributed by atoms with van der Waals surface area (Å²) < 4.78 is 10.6. The van der Waals surface area contributed by atoms with Crippen molar-refractivity contribution in [2.24, 2.45) is 5.92 Å². The first-order valence-corrected chi connectivity index (χ1v) is 9.83. The first-order chi connectivity index (χ1) is 12.0. The monoisotopic (exact) mass is 352 g/mol. The average Bonchev–Trinajstić information content (AvgIpc) is 2.55. The summed E-state index contributed by atoms with van der Waals surface area (Å²) >= 11 is 0. The van der Waals surface area contributed by atoms with Crippen molar-refractivity contribution in [3.8, 4) is 11.8 Å². The first-order valence-electron chi connectivity index (χ1n) is 9.83. The highest BCUT2D eigenvalue weighted by molar-refractivity contribution is 5.72. The first kappa shape index (κ1) is 23.5. The second kappa shape index (κ2) is 16.0. The number of carbonyl (C=O) groups is 2. The minimum absolute atomic E-state index is 0.229. The molecule has 0 aromatic rings. The lowest BCUT2D eigenvalue weighted by molar-refractivity contribution is -0.147. The van der Waals surface area contributed by atoms with Crippen LogP contribution < -0.4 is 0 Å². The highest BCUT2D eigenvalue weighted by atomic mass is 16.5. The maximum atomic E-state index is 11.9. The van der Waals surface area contributed by atoms with Crippen molar-refractivity contribution in [3.05, 3.63) is 0 Å². The Balaban J connectivity index is 3.87. The van der Waals surface area contributed by atoms with Crippen molar-refractivity contribution in [2.45, 2.75) is 98.0 Å². The average molecular weight is 353 g/mol. The Morgan fingerprint density at radius 1 is 0.920 bits per heavy atom. The maximum absolute atomic E-state index is 11.9. The molecular formula is C21H36O4. The predicted molar refractivity (Wildman–Crippen MR) is 101 cm³/mol. The molecule has 0 heterocycles. The molecule has 1 atom stereocenters. The van der Waals surface area contributed by atoms with Crippen molar-refractivity contribution < 1.29 is 19.1 Å². The Kier molecular flexibility index (Phi) is 15.0. The summed E-state index contributed by atoms with van der Waals surface area (Å²) in [6.45, 7) is 8.78. The van der Waals surface area contributed by atoms with E-state index in [-0.39, 0.29) is 30.9 Å². The van der Waals surface area contributed by atoms with Gasteiger partial charge in [0.25, 0.3) is 0 Å². The minimum Gasteiger partial charge on any atom is -0.466 e. The molecule has 0 rings (SSSR count). The van der Waals surface area contributed by atoms with Crippen LogP contribution >= 0.6 is 0 Å². The van der Waals surface area contributed by atoms with E-state index in [1.54, 1.807) is 0 Å². The number of esters is 2. The molecule has 0 saturated heterocycles. The van der Waals surface area contributed by atoms with Gasteiger partial charge in [-0.1, -0.05) is 65.2 Å². The molecule has 0 aliphatic heterocycles. The van der Waals surface area contributed by atoms with E-state index >= 15 is 0 Å². The molecule has 0 aliphatic carbocycles. The van der Waals surface area contributed by atoms with Crippen LogP contribution in [0.15, 0.2) is 0 Å². The molecule has 0 N–H and O–H groups in total. The van der Waals surface area contributed by atoms with E-state index in [0.717, 1.165) is 25.7 Å². The molecule has 0 amide bonds. The molecule has 0 aromatic carbocycles. The van der Waals surface area contributed by atoms with Gasteiger partial charge in [-0.05, 0) is 25.2 Å². The van der Waals surface area contributed by atoms with E-state index in [1.165, 1.54) is 19.3 Å². The summed E-state index contributed by atoms with van der Waals surface area (Å²) in [5.74, 6) is 5.86. The van der Waals surface area contributed by atoms with Gasteiger partial charge in [0, 0.05) is 19.3 Å². The van der Waals surface area contributed by atoms with Gasteiger partial charge in [-0.2, -0.15) is 0 Å². The Hall–Kier alpha value is -1.50. The van der Waals surface area contributed by atoms with E-state index < -0.39 is 0 Å². The van der Waals surface area contributed by atoms with Crippen molar-refractivity contribution in [1.82, 2.24) is 0 Å². The number of rotatable bonds is 13. The quantitative estimate of drug-likeness (QED) is 0.265. The van der Waals surface area contributed by atoms with Gasteiger partial charge < -0.3 is 9.47 Å². The second-order valence-corrected chi connectivity index (χ2v) is 6.77. The number of ether oxygens (including phenoxy) is 2. The van der Waals surface area contributed by atoms with E-state index in [2.05, 4.69) is 32.6 Å². The molecule has 4 nitrogen and oxygen atoms in total. The summed E-state index contributed by atoms with van der Waals surface area (Å²) in [7, 11) is 0. The van der Waals surface area contributed by atoms with Crippen LogP contribution in [0.1, 0.15) is 91.9 Å². The van der Waals surface area contributed by atoms with Crippen LogP contribution in [0.4, 0.5) is 0 Å². The molecular weight excluding hydrogens is 316 g/mol. The third-order valence-corrected chi connectivity index (χ3v) is 3.67. The summed E-state index contributed by atoms with van der Waals surface area (Å²) in [4.78, 5) is 23.5. The van der Waals surface area contributed by atoms with Gasteiger partial charge in [0.05, 0.1) is 6.61 Å². The molecule has 0 bridgehead atoms. The third-order valence-electron chi connectivity index (χ3n) is 3.67. The number of carbonyl (C=O) groups excluding carboxylic acids is 2. The Bertz CT molecular complexity index is 417. The molecule has 0 radical (unpaired) electrons. The van der Waals surface area contributed by atoms with Crippen molar-refractivity contribution in [2.75, 3.05) is 6.61 Å². The third kappa shape index (κ3) is 15.8. The lowest BCUT2D eigenvalue weighted by Gasteiger charge is -2.14. The van der Waals surface area contributed by atoms with E-state index in [4.69, 9.17) is 9.47 Å². The fraction of sp³-hybridized carbons (Fsp3) is 0.810. The lowest BCUT2D eigenvalue weighted by atomic mass is 10.1. The van der Waals surface area contributed by atoms with Crippen molar-refractivity contribution in [1.29, 1.82) is 0 Å². The summed E-state index contributed by atoms with van der Waals surface area (Å²) in [5, 5.41) is 0. The lowest BCUT2D eigenvalue weighted by Crippen LogP contribution is -2.19. The summed E-state index contributed by atoms with van der Waals surface area (Å²) in [5.41, 5.74) is 0. The minimum atomic E-state index is -0.345. The van der Waals surface area contributed by atoms with E-state index in [1.807, 2.05) is 6.92 Å². The molecule has 0 saturated carbocycles. The van der Waals surface area contributed by atoms with Crippen molar-refractivity contribution in [3.63, 3.8) is 0 Å². The van der Waals surface area contributed by atoms with Crippen LogP contribution in [0.2, 0.25) is 0 Å². The van der Waals surface area contributed by atoms with Gasteiger partial charge in [-0.3, -0.25) is 9.59 Å².